The Morgan fingerprint density at radius 3 is 2.08 bits per heavy atom. The van der Waals surface area contributed by atoms with Crippen LogP contribution < -0.4 is 0 Å². The highest BCUT2D eigenvalue weighted by molar-refractivity contribution is 5.40. The molecule has 0 fully saturated rings. The maximum Gasteiger partial charge on any atom is 0.121 e. The van der Waals surface area contributed by atoms with Gasteiger partial charge in [-0.25, -0.2) is 0 Å². The lowest BCUT2D eigenvalue weighted by Crippen LogP contribution is -1.88. The van der Waals surface area contributed by atoms with Gasteiger partial charge >= 0.3 is 0 Å². The zero-order chi connectivity index (χ0) is 10.4. The summed E-state index contributed by atoms with van der Waals surface area (Å²) in [5.74, 6) is 0.845. The minimum Gasteiger partial charge on any atom is -0.507 e. The Morgan fingerprint density at radius 2 is 1.69 bits per heavy atom. The molecule has 0 aromatic heterocycles. The van der Waals surface area contributed by atoms with Crippen molar-refractivity contribution in [2.75, 3.05) is 0 Å². The summed E-state index contributed by atoms with van der Waals surface area (Å²) in [7, 11) is 0. The van der Waals surface area contributed by atoms with E-state index in [-0.39, 0.29) is 0 Å². The second kappa shape index (κ2) is 5.63. The first-order valence-electron chi connectivity index (χ1n) is 4.91. The van der Waals surface area contributed by atoms with E-state index in [9.17, 15) is 5.11 Å². The lowest BCUT2D eigenvalue weighted by molar-refractivity contribution is 0.460. The summed E-state index contributed by atoms with van der Waals surface area (Å²) in [5, 5.41) is 9.57. The number of aryl methyl sites for hydroxylation is 1. The minimum atomic E-state index is 0.398. The van der Waals surface area contributed by atoms with Gasteiger partial charge < -0.3 is 5.11 Å². The van der Waals surface area contributed by atoms with E-state index in [0.29, 0.717) is 11.7 Å². The van der Waals surface area contributed by atoms with E-state index in [1.54, 1.807) is 0 Å². The van der Waals surface area contributed by atoms with E-state index >= 15 is 0 Å². The van der Waals surface area contributed by atoms with E-state index in [1.165, 1.54) is 0 Å². The second-order valence-corrected chi connectivity index (χ2v) is 3.17. The predicted octanol–water partition coefficient (Wildman–Crippen LogP) is 3.85. The standard InChI is InChI=1S/C10H14O.C2H6/c1-7(2)9-6-4-5-8(3)10(9)11;1-2/h4-7,11H,1-3H3;1-2H3. The molecule has 0 radical (unpaired) electrons. The highest BCUT2D eigenvalue weighted by Gasteiger charge is 2.05. The fourth-order valence-electron chi connectivity index (χ4n) is 1.15. The molecule has 0 amide bonds. The molecule has 1 aromatic carbocycles. The Balaban J connectivity index is 0.000000671. The van der Waals surface area contributed by atoms with E-state index in [2.05, 4.69) is 13.8 Å². The molecular formula is C12H20O. The molecule has 1 nitrogen and oxygen atoms in total. The normalized spacial score (nSPS) is 9.38. The fraction of sp³-hybridized carbons (Fsp3) is 0.500. The lowest BCUT2D eigenvalue weighted by atomic mass is 10.00. The van der Waals surface area contributed by atoms with Crippen molar-refractivity contribution in [3.05, 3.63) is 29.3 Å². The molecule has 0 aliphatic heterocycles. The van der Waals surface area contributed by atoms with Crippen LogP contribution in [0.2, 0.25) is 0 Å². The number of phenols is 1. The summed E-state index contributed by atoms with van der Waals surface area (Å²) in [6, 6.07) is 5.86. The highest BCUT2D eigenvalue weighted by Crippen LogP contribution is 2.27. The third kappa shape index (κ3) is 3.10. The average molecular weight is 180 g/mol. The number of rotatable bonds is 1. The molecule has 0 bridgehead atoms. The van der Waals surface area contributed by atoms with Crippen molar-refractivity contribution in [3.63, 3.8) is 0 Å². The molecule has 1 rings (SSSR count). The summed E-state index contributed by atoms with van der Waals surface area (Å²) in [4.78, 5) is 0. The number of hydrogen-bond donors (Lipinski definition) is 1. The number of hydrogen-bond acceptors (Lipinski definition) is 1. The summed E-state index contributed by atoms with van der Waals surface area (Å²) in [6.45, 7) is 10.1. The third-order valence-corrected chi connectivity index (χ3v) is 1.89. The number of benzene rings is 1. The van der Waals surface area contributed by atoms with Gasteiger partial charge in [0.2, 0.25) is 0 Å². The summed E-state index contributed by atoms with van der Waals surface area (Å²) in [6.07, 6.45) is 0. The average Bonchev–Trinajstić information content (AvgIpc) is 2.13. The zero-order valence-corrected chi connectivity index (χ0v) is 9.26. The molecule has 0 heterocycles. The molecule has 0 aliphatic rings. The SMILES string of the molecule is CC.Cc1cccc(C(C)C)c1O. The molecule has 1 N–H and O–H groups in total. The van der Waals surface area contributed by atoms with Gasteiger partial charge in [0.15, 0.2) is 0 Å². The molecule has 74 valence electrons. The second-order valence-electron chi connectivity index (χ2n) is 3.17. The molecular weight excluding hydrogens is 160 g/mol. The van der Waals surface area contributed by atoms with Gasteiger partial charge in [0.25, 0.3) is 0 Å². The third-order valence-electron chi connectivity index (χ3n) is 1.89. The smallest absolute Gasteiger partial charge is 0.121 e. The number of aromatic hydroxyl groups is 1. The van der Waals surface area contributed by atoms with Gasteiger partial charge in [-0.05, 0) is 24.0 Å². The Bertz CT molecular complexity index is 251. The Labute approximate surface area is 81.4 Å². The van der Waals surface area contributed by atoms with Crippen molar-refractivity contribution in [1.82, 2.24) is 0 Å². The van der Waals surface area contributed by atoms with Gasteiger partial charge in [-0.15, -0.1) is 0 Å². The molecule has 0 unspecified atom stereocenters. The van der Waals surface area contributed by atoms with Crippen molar-refractivity contribution in [1.29, 1.82) is 0 Å². The Kier molecular flexibility index (Phi) is 5.20. The molecule has 0 saturated carbocycles. The van der Waals surface area contributed by atoms with Crippen LogP contribution in [0, 0.1) is 6.92 Å². The van der Waals surface area contributed by atoms with Crippen LogP contribution in [0.1, 0.15) is 44.7 Å². The first-order chi connectivity index (χ1) is 6.13. The van der Waals surface area contributed by atoms with Gasteiger partial charge in [0, 0.05) is 0 Å². The first kappa shape index (κ1) is 12.0. The van der Waals surface area contributed by atoms with Crippen LogP contribution in [0.25, 0.3) is 0 Å². The molecule has 1 heteroatoms. The molecule has 0 spiro atoms. The monoisotopic (exact) mass is 180 g/mol. The maximum atomic E-state index is 9.57. The van der Waals surface area contributed by atoms with E-state index < -0.39 is 0 Å². The predicted molar refractivity (Wildman–Crippen MR) is 58.3 cm³/mol. The van der Waals surface area contributed by atoms with Gasteiger partial charge in [-0.2, -0.15) is 0 Å². The topological polar surface area (TPSA) is 20.2 Å². The summed E-state index contributed by atoms with van der Waals surface area (Å²) < 4.78 is 0. The maximum absolute atomic E-state index is 9.57. The lowest BCUT2D eigenvalue weighted by Gasteiger charge is -2.09. The molecule has 1 aromatic rings. The van der Waals surface area contributed by atoms with Crippen molar-refractivity contribution in [3.8, 4) is 5.75 Å². The highest BCUT2D eigenvalue weighted by atomic mass is 16.3. The molecule has 13 heavy (non-hydrogen) atoms. The van der Waals surface area contributed by atoms with Crippen LogP contribution in [0.5, 0.6) is 5.75 Å². The van der Waals surface area contributed by atoms with Crippen LogP contribution in [-0.4, -0.2) is 5.11 Å². The van der Waals surface area contributed by atoms with Gasteiger partial charge in [-0.1, -0.05) is 45.9 Å². The van der Waals surface area contributed by atoms with Crippen LogP contribution in [-0.2, 0) is 0 Å². The largest absolute Gasteiger partial charge is 0.507 e. The molecule has 0 atom stereocenters. The minimum absolute atomic E-state index is 0.398. The van der Waals surface area contributed by atoms with Crippen molar-refractivity contribution in [2.24, 2.45) is 0 Å². The quantitative estimate of drug-likeness (QED) is 0.696. The number of phenolic OH excluding ortho intramolecular Hbond substituents is 1. The molecule has 0 aliphatic carbocycles. The first-order valence-corrected chi connectivity index (χ1v) is 4.91. The number of para-hydroxylation sites is 1. The van der Waals surface area contributed by atoms with E-state index in [0.717, 1.165) is 11.1 Å². The van der Waals surface area contributed by atoms with Gasteiger partial charge in [0.1, 0.15) is 5.75 Å². The van der Waals surface area contributed by atoms with Gasteiger partial charge in [0.05, 0.1) is 0 Å². The fourth-order valence-corrected chi connectivity index (χ4v) is 1.15. The van der Waals surface area contributed by atoms with Gasteiger partial charge in [-0.3, -0.25) is 0 Å². The zero-order valence-electron chi connectivity index (χ0n) is 9.26. The van der Waals surface area contributed by atoms with Crippen LogP contribution in [0.3, 0.4) is 0 Å². The van der Waals surface area contributed by atoms with Crippen LogP contribution >= 0.6 is 0 Å². The Morgan fingerprint density at radius 1 is 1.15 bits per heavy atom. The van der Waals surface area contributed by atoms with Crippen molar-refractivity contribution in [2.45, 2.75) is 40.5 Å². The van der Waals surface area contributed by atoms with E-state index in [4.69, 9.17) is 0 Å². The summed E-state index contributed by atoms with van der Waals surface area (Å²) >= 11 is 0. The summed E-state index contributed by atoms with van der Waals surface area (Å²) in [5.41, 5.74) is 1.99. The molecule has 0 saturated heterocycles. The van der Waals surface area contributed by atoms with Crippen molar-refractivity contribution < 1.29 is 5.11 Å². The van der Waals surface area contributed by atoms with Crippen molar-refractivity contribution >= 4 is 0 Å². The Hall–Kier alpha value is -0.980. The van der Waals surface area contributed by atoms with Crippen LogP contribution in [0.4, 0.5) is 0 Å². The van der Waals surface area contributed by atoms with Crippen LogP contribution in [0.15, 0.2) is 18.2 Å². The van der Waals surface area contributed by atoms with E-state index in [1.807, 2.05) is 39.0 Å².